The molecule has 6 nitrogen and oxygen atoms in total. The standard InChI is InChI=1S/C18H17N5OS/c24-17(14-5-1-3-12-4-2-6-21-16(12)14)22-9-13-11-25-18(23-13)15-10-19-7-8-20-15/h1,3,5,7-8,10-11,21H,2,4,6,9H2,(H,22,24). The third kappa shape index (κ3) is 3.36. The van der Waals surface area contributed by atoms with E-state index in [1.807, 2.05) is 17.5 Å². The number of aromatic nitrogens is 3. The number of thiazole rings is 1. The minimum Gasteiger partial charge on any atom is -0.384 e. The Kier molecular flexibility index (Phi) is 4.39. The lowest BCUT2D eigenvalue weighted by atomic mass is 9.99. The molecule has 7 heteroatoms. The van der Waals surface area contributed by atoms with Gasteiger partial charge < -0.3 is 10.6 Å². The zero-order chi connectivity index (χ0) is 17.1. The van der Waals surface area contributed by atoms with E-state index in [-0.39, 0.29) is 5.91 Å². The largest absolute Gasteiger partial charge is 0.384 e. The lowest BCUT2D eigenvalue weighted by Gasteiger charge is -2.20. The number of amides is 1. The zero-order valence-electron chi connectivity index (χ0n) is 13.5. The van der Waals surface area contributed by atoms with Crippen LogP contribution in [-0.4, -0.2) is 27.4 Å². The molecule has 1 aliphatic rings. The van der Waals surface area contributed by atoms with Gasteiger partial charge in [0.25, 0.3) is 5.91 Å². The summed E-state index contributed by atoms with van der Waals surface area (Å²) < 4.78 is 0. The highest BCUT2D eigenvalue weighted by Crippen LogP contribution is 2.26. The molecular weight excluding hydrogens is 334 g/mol. The number of fused-ring (bicyclic) bond motifs is 1. The summed E-state index contributed by atoms with van der Waals surface area (Å²) in [6, 6.07) is 5.88. The van der Waals surface area contributed by atoms with E-state index in [9.17, 15) is 4.79 Å². The van der Waals surface area contributed by atoms with Gasteiger partial charge in [-0.25, -0.2) is 4.98 Å². The van der Waals surface area contributed by atoms with E-state index in [0.717, 1.165) is 41.5 Å². The molecule has 0 saturated heterocycles. The van der Waals surface area contributed by atoms with Crippen molar-refractivity contribution in [1.82, 2.24) is 20.3 Å². The van der Waals surface area contributed by atoms with E-state index in [2.05, 4.69) is 31.7 Å². The number of hydrogen-bond acceptors (Lipinski definition) is 6. The number of aryl methyl sites for hydroxylation is 1. The molecule has 3 heterocycles. The number of carbonyl (C=O) groups excluding carboxylic acids is 1. The highest BCUT2D eigenvalue weighted by atomic mass is 32.1. The molecule has 4 rings (SSSR count). The van der Waals surface area contributed by atoms with E-state index in [4.69, 9.17) is 0 Å². The number of hydrogen-bond donors (Lipinski definition) is 2. The molecular formula is C18H17N5OS. The first kappa shape index (κ1) is 15.7. The molecule has 0 spiro atoms. The summed E-state index contributed by atoms with van der Waals surface area (Å²) in [5.74, 6) is -0.0831. The van der Waals surface area contributed by atoms with E-state index < -0.39 is 0 Å². The van der Waals surface area contributed by atoms with Crippen LogP contribution in [0.15, 0.2) is 42.2 Å². The van der Waals surface area contributed by atoms with Crippen molar-refractivity contribution < 1.29 is 4.79 Å². The fraction of sp³-hybridized carbons (Fsp3) is 0.222. The highest BCUT2D eigenvalue weighted by molar-refractivity contribution is 7.13. The van der Waals surface area contributed by atoms with Crippen LogP contribution < -0.4 is 10.6 Å². The van der Waals surface area contributed by atoms with E-state index in [0.29, 0.717) is 12.1 Å². The summed E-state index contributed by atoms with van der Waals surface area (Å²) in [5.41, 5.74) is 4.42. The smallest absolute Gasteiger partial charge is 0.253 e. The van der Waals surface area contributed by atoms with Crippen LogP contribution >= 0.6 is 11.3 Å². The molecule has 2 N–H and O–H groups in total. The van der Waals surface area contributed by atoms with Crippen molar-refractivity contribution in [2.24, 2.45) is 0 Å². The molecule has 1 aliphatic heterocycles. The Morgan fingerprint density at radius 1 is 1.32 bits per heavy atom. The summed E-state index contributed by atoms with van der Waals surface area (Å²) in [5, 5.41) is 9.04. The molecule has 0 bridgehead atoms. The number of para-hydroxylation sites is 1. The third-order valence-electron chi connectivity index (χ3n) is 4.08. The first-order valence-corrected chi connectivity index (χ1v) is 9.04. The predicted molar refractivity (Wildman–Crippen MR) is 97.6 cm³/mol. The van der Waals surface area contributed by atoms with Gasteiger partial charge in [-0.1, -0.05) is 12.1 Å². The predicted octanol–water partition coefficient (Wildman–Crippen LogP) is 2.89. The Hall–Kier alpha value is -2.80. The average molecular weight is 351 g/mol. The van der Waals surface area contributed by atoms with Crippen LogP contribution in [0.5, 0.6) is 0 Å². The zero-order valence-corrected chi connectivity index (χ0v) is 14.3. The van der Waals surface area contributed by atoms with Crippen molar-refractivity contribution >= 4 is 22.9 Å². The second kappa shape index (κ2) is 6.98. The van der Waals surface area contributed by atoms with Crippen molar-refractivity contribution in [2.75, 3.05) is 11.9 Å². The summed E-state index contributed by atoms with van der Waals surface area (Å²) in [7, 11) is 0. The average Bonchev–Trinajstić information content (AvgIpc) is 3.15. The Balaban J connectivity index is 1.46. The molecule has 1 amide bonds. The second-order valence-corrected chi connectivity index (χ2v) is 6.65. The van der Waals surface area contributed by atoms with Gasteiger partial charge in [-0.15, -0.1) is 11.3 Å². The Labute approximate surface area is 149 Å². The van der Waals surface area contributed by atoms with Gasteiger partial charge in [0, 0.05) is 24.3 Å². The van der Waals surface area contributed by atoms with Crippen molar-refractivity contribution in [3.63, 3.8) is 0 Å². The van der Waals surface area contributed by atoms with Gasteiger partial charge in [-0.2, -0.15) is 0 Å². The van der Waals surface area contributed by atoms with Crippen LogP contribution in [-0.2, 0) is 13.0 Å². The SMILES string of the molecule is O=C(NCc1csc(-c2cnccn2)n1)c1cccc2c1NCCC2. The molecule has 0 radical (unpaired) electrons. The molecule has 126 valence electrons. The number of carbonyl (C=O) groups is 1. The molecule has 2 aromatic heterocycles. The van der Waals surface area contributed by atoms with Crippen LogP contribution in [0, 0.1) is 0 Å². The minimum atomic E-state index is -0.0831. The highest BCUT2D eigenvalue weighted by Gasteiger charge is 2.17. The maximum atomic E-state index is 12.6. The van der Waals surface area contributed by atoms with Crippen LogP contribution in [0.4, 0.5) is 5.69 Å². The lowest BCUT2D eigenvalue weighted by molar-refractivity contribution is 0.0951. The van der Waals surface area contributed by atoms with Crippen molar-refractivity contribution in [3.8, 4) is 10.7 Å². The van der Waals surface area contributed by atoms with Gasteiger partial charge in [-0.3, -0.25) is 14.8 Å². The monoisotopic (exact) mass is 351 g/mol. The minimum absolute atomic E-state index is 0.0831. The number of nitrogens with zero attached hydrogens (tertiary/aromatic N) is 3. The van der Waals surface area contributed by atoms with Crippen LogP contribution in [0.1, 0.15) is 28.0 Å². The molecule has 1 aromatic carbocycles. The van der Waals surface area contributed by atoms with Gasteiger partial charge >= 0.3 is 0 Å². The van der Waals surface area contributed by atoms with Gasteiger partial charge in [0.05, 0.1) is 29.7 Å². The second-order valence-electron chi connectivity index (χ2n) is 5.79. The van der Waals surface area contributed by atoms with Gasteiger partial charge in [0.2, 0.25) is 0 Å². The summed E-state index contributed by atoms with van der Waals surface area (Å²) in [4.78, 5) is 25.4. The van der Waals surface area contributed by atoms with Crippen molar-refractivity contribution in [3.05, 3.63) is 59.0 Å². The van der Waals surface area contributed by atoms with Gasteiger partial charge in [0.15, 0.2) is 0 Å². The first-order valence-electron chi connectivity index (χ1n) is 8.16. The summed E-state index contributed by atoms with van der Waals surface area (Å²) in [6.07, 6.45) is 7.07. The molecule has 0 fully saturated rings. The molecule has 3 aromatic rings. The topological polar surface area (TPSA) is 79.8 Å². The van der Waals surface area contributed by atoms with Crippen molar-refractivity contribution in [1.29, 1.82) is 0 Å². The van der Waals surface area contributed by atoms with Crippen molar-refractivity contribution in [2.45, 2.75) is 19.4 Å². The molecule has 0 aliphatic carbocycles. The summed E-state index contributed by atoms with van der Waals surface area (Å²) >= 11 is 1.50. The lowest BCUT2D eigenvalue weighted by Crippen LogP contribution is -2.25. The third-order valence-corrected chi connectivity index (χ3v) is 5.00. The Morgan fingerprint density at radius 2 is 2.28 bits per heavy atom. The maximum Gasteiger partial charge on any atom is 0.253 e. The normalized spacial score (nSPS) is 13.0. The van der Waals surface area contributed by atoms with Gasteiger partial charge in [-0.05, 0) is 24.5 Å². The number of nitrogens with one attached hydrogen (secondary N) is 2. The van der Waals surface area contributed by atoms with Crippen LogP contribution in [0.3, 0.4) is 0 Å². The Morgan fingerprint density at radius 3 is 3.16 bits per heavy atom. The molecule has 0 saturated carbocycles. The van der Waals surface area contributed by atoms with E-state index in [1.54, 1.807) is 18.6 Å². The molecule has 25 heavy (non-hydrogen) atoms. The number of anilines is 1. The summed E-state index contributed by atoms with van der Waals surface area (Å²) in [6.45, 7) is 1.30. The maximum absolute atomic E-state index is 12.6. The number of benzene rings is 1. The number of rotatable bonds is 4. The molecule has 0 atom stereocenters. The fourth-order valence-corrected chi connectivity index (χ4v) is 3.66. The Bertz CT molecular complexity index is 893. The van der Waals surface area contributed by atoms with E-state index >= 15 is 0 Å². The first-order chi connectivity index (χ1) is 12.3. The van der Waals surface area contributed by atoms with Crippen LogP contribution in [0.2, 0.25) is 0 Å². The molecule has 0 unspecified atom stereocenters. The van der Waals surface area contributed by atoms with Gasteiger partial charge in [0.1, 0.15) is 10.7 Å². The van der Waals surface area contributed by atoms with Crippen LogP contribution in [0.25, 0.3) is 10.7 Å². The van der Waals surface area contributed by atoms with E-state index in [1.165, 1.54) is 16.9 Å². The fourth-order valence-electron chi connectivity index (χ4n) is 2.88. The quantitative estimate of drug-likeness (QED) is 0.755.